The van der Waals surface area contributed by atoms with Crippen molar-refractivity contribution in [3.05, 3.63) is 59.3 Å². The number of aldehydes is 4. The molecule has 20 heavy (non-hydrogen) atoms. The van der Waals surface area contributed by atoms with Gasteiger partial charge in [0.25, 0.3) is 0 Å². The highest BCUT2D eigenvalue weighted by molar-refractivity contribution is 5.73. The Labute approximate surface area is 117 Å². The van der Waals surface area contributed by atoms with E-state index in [1.165, 1.54) is 36.5 Å². The standard InChI is InChI=1S/C16H16O4/c1-14(16(9-13-20)5-3-11-18)6-7-15(8-12-19)4-2-10-17/h2-6,8-13H,7H2,1H3/b4-2-,5-3-,14-6+,15-8+,16-9+. The SMILES string of the molecule is CC(=C\CC(/C=C\C=O)=C/C=O)/C(/C=C\C=O)=C/C=O. The summed E-state index contributed by atoms with van der Waals surface area (Å²) in [6.07, 6.45) is 13.1. The van der Waals surface area contributed by atoms with Crippen LogP contribution in [0.2, 0.25) is 0 Å². The van der Waals surface area contributed by atoms with Crippen LogP contribution in [-0.2, 0) is 19.2 Å². The predicted molar refractivity (Wildman–Crippen MR) is 77.1 cm³/mol. The Morgan fingerprint density at radius 3 is 1.95 bits per heavy atom. The third kappa shape index (κ3) is 7.66. The van der Waals surface area contributed by atoms with Gasteiger partial charge in [-0.3, -0.25) is 19.2 Å². The first-order valence-electron chi connectivity index (χ1n) is 5.90. The van der Waals surface area contributed by atoms with Crippen LogP contribution in [0.1, 0.15) is 13.3 Å². The van der Waals surface area contributed by atoms with Gasteiger partial charge in [0.05, 0.1) is 0 Å². The van der Waals surface area contributed by atoms with E-state index in [-0.39, 0.29) is 0 Å². The van der Waals surface area contributed by atoms with Gasteiger partial charge < -0.3 is 0 Å². The summed E-state index contributed by atoms with van der Waals surface area (Å²) in [4.78, 5) is 41.6. The first-order chi connectivity index (χ1) is 9.69. The summed E-state index contributed by atoms with van der Waals surface area (Å²) in [6, 6.07) is 0. The minimum absolute atomic E-state index is 0.431. The third-order valence-electron chi connectivity index (χ3n) is 2.37. The summed E-state index contributed by atoms with van der Waals surface area (Å²) >= 11 is 0. The van der Waals surface area contributed by atoms with Crippen LogP contribution in [-0.4, -0.2) is 25.1 Å². The van der Waals surface area contributed by atoms with Crippen LogP contribution in [0.3, 0.4) is 0 Å². The molecule has 0 atom stereocenters. The molecule has 0 spiro atoms. The van der Waals surface area contributed by atoms with Crippen LogP contribution >= 0.6 is 0 Å². The Morgan fingerprint density at radius 2 is 1.40 bits per heavy atom. The molecule has 0 aliphatic rings. The van der Waals surface area contributed by atoms with Gasteiger partial charge in [0.1, 0.15) is 25.1 Å². The first kappa shape index (κ1) is 17.4. The molecule has 0 saturated carbocycles. The summed E-state index contributed by atoms with van der Waals surface area (Å²) < 4.78 is 0. The molecule has 4 nitrogen and oxygen atoms in total. The molecule has 0 radical (unpaired) electrons. The van der Waals surface area contributed by atoms with Gasteiger partial charge in [-0.15, -0.1) is 0 Å². The van der Waals surface area contributed by atoms with Gasteiger partial charge in [-0.2, -0.15) is 0 Å². The van der Waals surface area contributed by atoms with Gasteiger partial charge in [-0.1, -0.05) is 18.2 Å². The second kappa shape index (κ2) is 11.5. The van der Waals surface area contributed by atoms with Gasteiger partial charge in [0, 0.05) is 0 Å². The number of rotatable bonds is 9. The van der Waals surface area contributed by atoms with Gasteiger partial charge in [-0.05, 0) is 54.4 Å². The van der Waals surface area contributed by atoms with E-state index in [1.807, 2.05) is 0 Å². The Bertz CT molecular complexity index is 503. The molecule has 0 saturated heterocycles. The minimum Gasteiger partial charge on any atom is -0.299 e. The van der Waals surface area contributed by atoms with E-state index in [1.54, 1.807) is 13.0 Å². The van der Waals surface area contributed by atoms with E-state index < -0.39 is 0 Å². The quantitative estimate of drug-likeness (QED) is 0.366. The lowest BCUT2D eigenvalue weighted by molar-refractivity contribution is -0.104. The van der Waals surface area contributed by atoms with Gasteiger partial charge in [-0.25, -0.2) is 0 Å². The number of allylic oxidation sites excluding steroid dienone is 10. The predicted octanol–water partition coefficient (Wildman–Crippen LogP) is 2.08. The number of carbonyl (C=O) groups excluding carboxylic acids is 4. The van der Waals surface area contributed by atoms with E-state index in [2.05, 4.69) is 0 Å². The molecule has 4 heteroatoms. The highest BCUT2D eigenvalue weighted by atomic mass is 16.1. The smallest absolute Gasteiger partial charge is 0.143 e. The lowest BCUT2D eigenvalue weighted by Crippen LogP contribution is -1.86. The Morgan fingerprint density at radius 1 is 0.800 bits per heavy atom. The van der Waals surface area contributed by atoms with E-state index in [9.17, 15) is 19.2 Å². The van der Waals surface area contributed by atoms with Crippen LogP contribution in [0, 0.1) is 0 Å². The maximum Gasteiger partial charge on any atom is 0.143 e. The third-order valence-corrected chi connectivity index (χ3v) is 2.37. The summed E-state index contributed by atoms with van der Waals surface area (Å²) in [5.41, 5.74) is 2.06. The van der Waals surface area contributed by atoms with Gasteiger partial charge >= 0.3 is 0 Å². The second-order valence-corrected chi connectivity index (χ2v) is 3.72. The van der Waals surface area contributed by atoms with Crippen LogP contribution < -0.4 is 0 Å². The first-order valence-corrected chi connectivity index (χ1v) is 5.90. The maximum absolute atomic E-state index is 10.5. The monoisotopic (exact) mass is 272 g/mol. The molecule has 0 aliphatic carbocycles. The summed E-state index contributed by atoms with van der Waals surface area (Å²) in [5, 5.41) is 0. The lowest BCUT2D eigenvalue weighted by atomic mass is 10.0. The fourth-order valence-corrected chi connectivity index (χ4v) is 1.37. The Hall–Kier alpha value is -2.62. The summed E-state index contributed by atoms with van der Waals surface area (Å²) in [6.45, 7) is 1.78. The van der Waals surface area contributed by atoms with Crippen molar-refractivity contribution in [2.45, 2.75) is 13.3 Å². The lowest BCUT2D eigenvalue weighted by Gasteiger charge is -2.02. The molecule has 0 fully saturated rings. The molecule has 0 amide bonds. The normalized spacial score (nSPS) is 13.8. The van der Waals surface area contributed by atoms with Crippen molar-refractivity contribution in [2.75, 3.05) is 0 Å². The van der Waals surface area contributed by atoms with Crippen LogP contribution in [0.15, 0.2) is 59.3 Å². The van der Waals surface area contributed by atoms with Crippen LogP contribution in [0.25, 0.3) is 0 Å². The molecule has 0 aromatic carbocycles. The molecule has 0 aliphatic heterocycles. The zero-order valence-corrected chi connectivity index (χ0v) is 11.2. The van der Waals surface area contributed by atoms with Crippen molar-refractivity contribution < 1.29 is 19.2 Å². The van der Waals surface area contributed by atoms with Crippen molar-refractivity contribution in [2.24, 2.45) is 0 Å². The fraction of sp³-hybridized carbons (Fsp3) is 0.125. The van der Waals surface area contributed by atoms with Crippen molar-refractivity contribution in [1.29, 1.82) is 0 Å². The van der Waals surface area contributed by atoms with Crippen molar-refractivity contribution in [3.63, 3.8) is 0 Å². The van der Waals surface area contributed by atoms with E-state index in [0.717, 1.165) is 5.57 Å². The Balaban J connectivity index is 5.09. The fourth-order valence-electron chi connectivity index (χ4n) is 1.37. The maximum atomic E-state index is 10.5. The van der Waals surface area contributed by atoms with E-state index >= 15 is 0 Å². The summed E-state index contributed by atoms with van der Waals surface area (Å²) in [5.74, 6) is 0. The molecule has 0 unspecified atom stereocenters. The highest BCUT2D eigenvalue weighted by Gasteiger charge is 1.97. The average molecular weight is 272 g/mol. The number of hydrogen-bond donors (Lipinski definition) is 0. The Kier molecular flexibility index (Phi) is 9.97. The minimum atomic E-state index is 0.431. The van der Waals surface area contributed by atoms with Crippen molar-refractivity contribution >= 4 is 25.1 Å². The molecule has 0 aromatic rings. The van der Waals surface area contributed by atoms with E-state index in [4.69, 9.17) is 0 Å². The molecule has 0 rings (SSSR count). The summed E-state index contributed by atoms with van der Waals surface area (Å²) in [7, 11) is 0. The van der Waals surface area contributed by atoms with Gasteiger partial charge in [0.15, 0.2) is 0 Å². The number of carbonyl (C=O) groups is 4. The zero-order valence-electron chi connectivity index (χ0n) is 11.2. The van der Waals surface area contributed by atoms with Crippen LogP contribution in [0.4, 0.5) is 0 Å². The second-order valence-electron chi connectivity index (χ2n) is 3.72. The topological polar surface area (TPSA) is 68.3 Å². The molecule has 0 heterocycles. The molecule has 0 N–H and O–H groups in total. The van der Waals surface area contributed by atoms with E-state index in [0.29, 0.717) is 42.7 Å². The molecular weight excluding hydrogens is 256 g/mol. The molecule has 0 bridgehead atoms. The van der Waals surface area contributed by atoms with Crippen molar-refractivity contribution in [3.8, 4) is 0 Å². The van der Waals surface area contributed by atoms with Crippen LogP contribution in [0.5, 0.6) is 0 Å². The molecule has 104 valence electrons. The largest absolute Gasteiger partial charge is 0.299 e. The highest BCUT2D eigenvalue weighted by Crippen LogP contribution is 2.14. The molecular formula is C16H16O4. The number of hydrogen-bond acceptors (Lipinski definition) is 4. The van der Waals surface area contributed by atoms with Gasteiger partial charge in [0.2, 0.25) is 0 Å². The molecule has 0 aromatic heterocycles. The average Bonchev–Trinajstić information content (AvgIpc) is 2.46. The zero-order chi connectivity index (χ0) is 15.2. The van der Waals surface area contributed by atoms with Crippen molar-refractivity contribution in [1.82, 2.24) is 0 Å².